The van der Waals surface area contributed by atoms with E-state index in [-0.39, 0.29) is 51.5 Å². The molecule has 9 rings (SSSR count). The largest absolute Gasteiger partial charge is 0.508 e. The van der Waals surface area contributed by atoms with Gasteiger partial charge in [-0.05, 0) is 81.9 Å². The predicted octanol–water partition coefficient (Wildman–Crippen LogP) is 5.50. The van der Waals surface area contributed by atoms with Gasteiger partial charge in [0.1, 0.15) is 35.6 Å². The van der Waals surface area contributed by atoms with Gasteiger partial charge in [0.05, 0.1) is 16.8 Å². The van der Waals surface area contributed by atoms with Crippen molar-refractivity contribution >= 4 is 21.7 Å². The fraction of sp³-hybridized carbons (Fsp3) is 0.441. The molecule has 0 aliphatic carbocycles. The molecule has 7 nitrogen and oxygen atoms in total. The number of terminal acetylenes is 1. The minimum atomic E-state index is -0.903. The van der Waals surface area contributed by atoms with Gasteiger partial charge in [-0.3, -0.25) is 9.88 Å². The summed E-state index contributed by atoms with van der Waals surface area (Å²) in [4.78, 5) is 18.7. The lowest BCUT2D eigenvalue weighted by Crippen LogP contribution is -2.51. The van der Waals surface area contributed by atoms with Gasteiger partial charge in [-0.25, -0.2) is 13.2 Å². The van der Waals surface area contributed by atoms with Crippen LogP contribution in [-0.2, 0) is 5.41 Å². The highest BCUT2D eigenvalue weighted by Gasteiger charge is 2.50. The van der Waals surface area contributed by atoms with Gasteiger partial charge in [-0.1, -0.05) is 12.0 Å². The van der Waals surface area contributed by atoms with E-state index in [1.54, 1.807) is 6.20 Å². The van der Waals surface area contributed by atoms with Crippen LogP contribution in [0.1, 0.15) is 49.8 Å². The molecule has 0 spiro atoms. The number of aromatic nitrogens is 3. The van der Waals surface area contributed by atoms with Crippen molar-refractivity contribution in [2.24, 2.45) is 0 Å². The van der Waals surface area contributed by atoms with Crippen LogP contribution in [-0.4, -0.2) is 80.9 Å². The maximum Gasteiger partial charge on any atom is 0.317 e. The molecule has 0 amide bonds. The van der Waals surface area contributed by atoms with Crippen LogP contribution >= 0.6 is 0 Å². The molecule has 226 valence electrons. The summed E-state index contributed by atoms with van der Waals surface area (Å²) in [6, 6.07) is 5.57. The van der Waals surface area contributed by atoms with Gasteiger partial charge in [0.15, 0.2) is 5.82 Å². The number of fused-ring (bicyclic) bond motifs is 6. The van der Waals surface area contributed by atoms with Crippen LogP contribution in [0.2, 0.25) is 0 Å². The molecule has 5 aliphatic heterocycles. The Morgan fingerprint density at radius 3 is 2.64 bits per heavy atom. The molecular formula is C34H32F3N5O2. The molecule has 5 fully saturated rings. The highest BCUT2D eigenvalue weighted by atomic mass is 19.1. The van der Waals surface area contributed by atoms with E-state index in [1.165, 1.54) is 24.3 Å². The van der Waals surface area contributed by atoms with Crippen LogP contribution < -0.4 is 4.74 Å². The number of hydrogen-bond donors (Lipinski definition) is 1. The Balaban J connectivity index is 1.30. The first-order valence-corrected chi connectivity index (χ1v) is 15.3. The minimum absolute atomic E-state index is 0.0397. The molecule has 0 saturated carbocycles. The quantitative estimate of drug-likeness (QED) is 0.304. The van der Waals surface area contributed by atoms with Gasteiger partial charge in [0, 0.05) is 40.9 Å². The molecule has 5 aliphatic rings. The Kier molecular flexibility index (Phi) is 6.30. The second-order valence-corrected chi connectivity index (χ2v) is 12.9. The van der Waals surface area contributed by atoms with Gasteiger partial charge in [0.2, 0.25) is 0 Å². The molecule has 2 atom stereocenters. The van der Waals surface area contributed by atoms with Gasteiger partial charge in [-0.2, -0.15) is 9.97 Å². The maximum atomic E-state index is 16.8. The van der Waals surface area contributed by atoms with E-state index in [0.717, 1.165) is 64.0 Å². The molecule has 2 aromatic carbocycles. The van der Waals surface area contributed by atoms with Crippen molar-refractivity contribution in [1.29, 1.82) is 0 Å². The number of ether oxygens (including phenoxy) is 1. The van der Waals surface area contributed by atoms with Crippen LogP contribution in [0.15, 0.2) is 30.5 Å². The van der Waals surface area contributed by atoms with Gasteiger partial charge >= 0.3 is 6.01 Å². The molecule has 4 aromatic rings. The summed E-state index contributed by atoms with van der Waals surface area (Å²) in [5.41, 5.74) is 0.107. The van der Waals surface area contributed by atoms with Crippen molar-refractivity contribution < 1.29 is 23.0 Å². The zero-order valence-corrected chi connectivity index (χ0v) is 24.3. The molecule has 2 bridgehead atoms. The van der Waals surface area contributed by atoms with E-state index < -0.39 is 23.3 Å². The zero-order valence-electron chi connectivity index (χ0n) is 24.3. The van der Waals surface area contributed by atoms with Crippen molar-refractivity contribution in [1.82, 2.24) is 24.8 Å². The van der Waals surface area contributed by atoms with E-state index >= 15 is 4.39 Å². The summed E-state index contributed by atoms with van der Waals surface area (Å²) in [5.74, 6) is 0.890. The molecule has 5 saturated heterocycles. The van der Waals surface area contributed by atoms with Crippen LogP contribution in [0.5, 0.6) is 11.8 Å². The Morgan fingerprint density at radius 2 is 1.86 bits per heavy atom. The number of nitrogens with zero attached hydrogens (tertiary/aromatic N) is 5. The summed E-state index contributed by atoms with van der Waals surface area (Å²) in [6.45, 7) is 4.24. The molecule has 44 heavy (non-hydrogen) atoms. The molecule has 10 heteroatoms. The van der Waals surface area contributed by atoms with E-state index in [2.05, 4.69) is 25.7 Å². The van der Waals surface area contributed by atoms with E-state index in [4.69, 9.17) is 16.1 Å². The summed E-state index contributed by atoms with van der Waals surface area (Å²) in [6.07, 6.45) is 11.2. The molecule has 1 N–H and O–H groups in total. The first-order valence-electron chi connectivity index (χ1n) is 15.3. The normalized spacial score (nSPS) is 28.0. The second-order valence-electron chi connectivity index (χ2n) is 12.9. The number of hydrogen-bond acceptors (Lipinski definition) is 7. The highest BCUT2D eigenvalue weighted by Crippen LogP contribution is 2.46. The van der Waals surface area contributed by atoms with E-state index in [9.17, 15) is 13.9 Å². The number of piperidine rings is 3. The topological polar surface area (TPSA) is 74.6 Å². The number of phenols is 1. The molecule has 2 aromatic heterocycles. The smallest absolute Gasteiger partial charge is 0.317 e. The average molecular weight is 600 g/mol. The Bertz CT molecular complexity index is 1850. The van der Waals surface area contributed by atoms with Crippen molar-refractivity contribution in [2.45, 2.75) is 55.7 Å². The van der Waals surface area contributed by atoms with E-state index in [1.807, 2.05) is 0 Å². The summed E-state index contributed by atoms with van der Waals surface area (Å²) in [7, 11) is 0. The standard InChI is InChI=1S/C34H32F3N5O2/c1-2-23-26(36)5-4-20-14-22(43)15-24(27(20)23)29-28(37)30-25(17-38-29)31(33-7-11-41(12-8-33)13-9-33)40-32(39-30)44-19-34-6-3-10-42(34)18-21(35)16-34/h1,4-5,14-15,17,21,43H,3,6-13,16,18-19H2/t21-,34+/m1/s1. The fourth-order valence-corrected chi connectivity index (χ4v) is 8.28. The number of phenolic OH excluding ortho intramolecular Hbond substituents is 1. The number of pyridine rings is 1. The highest BCUT2D eigenvalue weighted by molar-refractivity contribution is 6.02. The first kappa shape index (κ1) is 27.6. The van der Waals surface area contributed by atoms with E-state index in [0.29, 0.717) is 23.7 Å². The van der Waals surface area contributed by atoms with Crippen molar-refractivity contribution in [3.63, 3.8) is 0 Å². The number of alkyl halides is 1. The third-order valence-corrected chi connectivity index (χ3v) is 10.6. The summed E-state index contributed by atoms with van der Waals surface area (Å²) >= 11 is 0. The lowest BCUT2D eigenvalue weighted by molar-refractivity contribution is 0.0781. The monoisotopic (exact) mass is 599 g/mol. The summed E-state index contributed by atoms with van der Waals surface area (Å²) < 4.78 is 52.4. The van der Waals surface area contributed by atoms with Crippen LogP contribution in [0.4, 0.5) is 13.2 Å². The molecule has 7 heterocycles. The van der Waals surface area contributed by atoms with Crippen molar-refractivity contribution in [3.8, 4) is 35.4 Å². The average Bonchev–Trinajstić information content (AvgIpc) is 3.56. The SMILES string of the molecule is C#Cc1c(F)ccc2cc(O)cc(-c3ncc4c(C56CCN(CC5)CC6)nc(OC[C@@]56CCCN5C[C@H](F)C6)nc4c3F)c12. The predicted molar refractivity (Wildman–Crippen MR) is 160 cm³/mol. The van der Waals surface area contributed by atoms with Gasteiger partial charge in [0.25, 0.3) is 0 Å². The van der Waals surface area contributed by atoms with Crippen molar-refractivity contribution in [2.75, 3.05) is 39.3 Å². The number of rotatable bonds is 5. The van der Waals surface area contributed by atoms with Crippen LogP contribution in [0.3, 0.4) is 0 Å². The molecular weight excluding hydrogens is 567 g/mol. The number of benzene rings is 2. The first-order chi connectivity index (χ1) is 21.3. The zero-order chi connectivity index (χ0) is 30.2. The third kappa shape index (κ3) is 4.16. The Morgan fingerprint density at radius 1 is 1.07 bits per heavy atom. The Labute approximate surface area is 253 Å². The molecule has 0 radical (unpaired) electrons. The fourth-order valence-electron chi connectivity index (χ4n) is 8.28. The van der Waals surface area contributed by atoms with Crippen LogP contribution in [0.25, 0.3) is 32.9 Å². The Hall–Kier alpha value is -3.94. The van der Waals surface area contributed by atoms with Gasteiger partial charge in [-0.15, -0.1) is 6.42 Å². The lowest BCUT2D eigenvalue weighted by atomic mass is 9.69. The molecule has 0 unspecified atom stereocenters. The van der Waals surface area contributed by atoms with Crippen LogP contribution in [0, 0.1) is 24.0 Å². The maximum absolute atomic E-state index is 16.8. The number of aromatic hydroxyl groups is 1. The van der Waals surface area contributed by atoms with Gasteiger partial charge < -0.3 is 14.7 Å². The lowest BCUT2D eigenvalue weighted by Gasteiger charge is -2.48. The summed E-state index contributed by atoms with van der Waals surface area (Å²) in [5, 5.41) is 11.8. The minimum Gasteiger partial charge on any atom is -0.508 e. The third-order valence-electron chi connectivity index (χ3n) is 10.6. The second kappa shape index (κ2) is 10.0. The number of halogens is 3. The van der Waals surface area contributed by atoms with Crippen molar-refractivity contribution in [3.05, 3.63) is 53.4 Å².